The minimum absolute atomic E-state index is 0.0574. The second-order valence-electron chi connectivity index (χ2n) is 6.20. The smallest absolute Gasteiger partial charge is 0.344 e. The van der Waals surface area contributed by atoms with Gasteiger partial charge in [0, 0.05) is 18.0 Å². The number of hydrogen-bond acceptors (Lipinski definition) is 11. The Kier molecular flexibility index (Phi) is 6.25. The number of rotatable bonds is 10. The molecule has 0 spiro atoms. The molecule has 2 heterocycles. The highest BCUT2D eigenvalue weighted by Gasteiger charge is 2.56. The molecule has 2 rings (SSSR count). The number of carboxylic acids is 2. The summed E-state index contributed by atoms with van der Waals surface area (Å²) in [5, 5.41) is 21.7. The number of aliphatic carboxylic acids is 2. The standard InChI is InChI=1S/C14H17N5O8S/c1-14(2)6(12(25)19(14)27-5-9(23)24)3-7(20)10(17-26-4-8(21)22)11-16-13(15)28-18-11/h6H,3-5H2,1-2H3,(H,21,22)(H,23,24)(H2,15,16,18)/b17-10+/t6-/m1/s1. The average molecular weight is 415 g/mol. The fraction of sp³-hybridized carbons (Fsp3) is 0.500. The van der Waals surface area contributed by atoms with Crippen molar-refractivity contribution in [3.63, 3.8) is 0 Å². The number of carbonyl (C=O) groups excluding carboxylic acids is 2. The summed E-state index contributed by atoms with van der Waals surface area (Å²) in [5.74, 6) is -4.78. The van der Waals surface area contributed by atoms with Crippen LogP contribution in [-0.4, -0.2) is 72.7 Å². The maximum Gasteiger partial charge on any atom is 0.344 e. The average Bonchev–Trinajstić information content (AvgIpc) is 3.01. The zero-order valence-electron chi connectivity index (χ0n) is 14.8. The fourth-order valence-electron chi connectivity index (χ4n) is 2.47. The molecule has 4 N–H and O–H groups in total. The molecule has 1 atom stereocenters. The summed E-state index contributed by atoms with van der Waals surface area (Å²) in [6.45, 7) is 1.71. The number of β-lactam (4-membered cyclic amide) rings is 1. The highest BCUT2D eigenvalue weighted by atomic mass is 32.1. The van der Waals surface area contributed by atoms with Crippen LogP contribution in [0.4, 0.5) is 5.13 Å². The first-order valence-corrected chi connectivity index (χ1v) is 8.54. The summed E-state index contributed by atoms with van der Waals surface area (Å²) in [7, 11) is 0. The Morgan fingerprint density at radius 1 is 1.29 bits per heavy atom. The number of nitrogen functional groups attached to an aromatic ring is 1. The van der Waals surface area contributed by atoms with Crippen LogP contribution in [0.15, 0.2) is 5.16 Å². The van der Waals surface area contributed by atoms with E-state index in [1.54, 1.807) is 13.8 Å². The van der Waals surface area contributed by atoms with Crippen molar-refractivity contribution in [1.29, 1.82) is 0 Å². The Balaban J connectivity index is 2.14. The number of carboxylic acid groups (broad SMARTS) is 2. The highest BCUT2D eigenvalue weighted by molar-refractivity contribution is 7.09. The maximum atomic E-state index is 12.7. The van der Waals surface area contributed by atoms with Crippen LogP contribution < -0.4 is 5.73 Å². The van der Waals surface area contributed by atoms with Gasteiger partial charge in [-0.2, -0.15) is 9.36 Å². The van der Waals surface area contributed by atoms with E-state index in [2.05, 4.69) is 19.4 Å². The largest absolute Gasteiger partial charge is 0.479 e. The number of oxime groups is 1. The molecule has 28 heavy (non-hydrogen) atoms. The van der Waals surface area contributed by atoms with E-state index in [4.69, 9.17) is 20.8 Å². The minimum Gasteiger partial charge on any atom is -0.479 e. The molecule has 1 saturated heterocycles. The molecule has 1 amide bonds. The van der Waals surface area contributed by atoms with Gasteiger partial charge in [0.05, 0.1) is 11.5 Å². The van der Waals surface area contributed by atoms with Crippen molar-refractivity contribution in [2.45, 2.75) is 25.8 Å². The summed E-state index contributed by atoms with van der Waals surface area (Å²) in [5.41, 5.74) is 4.16. The summed E-state index contributed by atoms with van der Waals surface area (Å²) in [6.07, 6.45) is -0.326. The number of carbonyl (C=O) groups is 4. The Bertz CT molecular complexity index is 835. The van der Waals surface area contributed by atoms with E-state index in [0.717, 1.165) is 16.6 Å². The molecule has 0 aliphatic carbocycles. The predicted octanol–water partition coefficient (Wildman–Crippen LogP) is -0.862. The van der Waals surface area contributed by atoms with E-state index in [1.807, 2.05) is 0 Å². The molecular formula is C14H17N5O8S. The molecule has 14 heteroatoms. The Labute approximate surface area is 161 Å². The number of amides is 1. The SMILES string of the molecule is CC1(C)[C@H](CC(=O)/C(=N\OCC(=O)O)c2nsc(N)n2)C(=O)N1OCC(=O)O. The summed E-state index contributed by atoms with van der Waals surface area (Å²) < 4.78 is 3.85. The Morgan fingerprint density at radius 3 is 2.43 bits per heavy atom. The topological polar surface area (TPSA) is 195 Å². The normalized spacial score (nSPS) is 18.5. The van der Waals surface area contributed by atoms with E-state index in [1.165, 1.54) is 0 Å². The summed E-state index contributed by atoms with van der Waals surface area (Å²) in [4.78, 5) is 59.4. The molecule has 152 valence electrons. The van der Waals surface area contributed by atoms with Crippen LogP contribution in [0.5, 0.6) is 0 Å². The Morgan fingerprint density at radius 2 is 1.93 bits per heavy atom. The number of nitrogens with zero attached hydrogens (tertiary/aromatic N) is 4. The zero-order chi connectivity index (χ0) is 21.1. The van der Waals surface area contributed by atoms with Gasteiger partial charge in [-0.25, -0.2) is 14.7 Å². The van der Waals surface area contributed by atoms with Crippen LogP contribution in [0, 0.1) is 5.92 Å². The molecule has 1 aliphatic heterocycles. The monoisotopic (exact) mass is 415 g/mol. The van der Waals surface area contributed by atoms with Crippen LogP contribution in [-0.2, 0) is 28.9 Å². The Hall–Kier alpha value is -3.13. The molecule has 1 aromatic rings. The van der Waals surface area contributed by atoms with Crippen LogP contribution in [0.2, 0.25) is 0 Å². The van der Waals surface area contributed by atoms with Gasteiger partial charge >= 0.3 is 11.9 Å². The minimum atomic E-state index is -1.30. The predicted molar refractivity (Wildman–Crippen MR) is 92.1 cm³/mol. The number of hydrogen-bond donors (Lipinski definition) is 3. The van der Waals surface area contributed by atoms with Gasteiger partial charge in [0.15, 0.2) is 23.2 Å². The number of nitrogens with two attached hydrogens (primary N) is 1. The summed E-state index contributed by atoms with van der Waals surface area (Å²) >= 11 is 0.800. The quantitative estimate of drug-likeness (QED) is 0.244. The molecule has 0 aromatic carbocycles. The zero-order valence-corrected chi connectivity index (χ0v) is 15.6. The van der Waals surface area contributed by atoms with Gasteiger partial charge in [-0.15, -0.1) is 0 Å². The van der Waals surface area contributed by atoms with Crippen molar-refractivity contribution in [2.24, 2.45) is 11.1 Å². The van der Waals surface area contributed by atoms with E-state index in [0.29, 0.717) is 0 Å². The summed E-state index contributed by atoms with van der Waals surface area (Å²) in [6, 6.07) is 0. The van der Waals surface area contributed by atoms with Crippen molar-refractivity contribution >= 4 is 46.0 Å². The van der Waals surface area contributed by atoms with Gasteiger partial charge in [0.2, 0.25) is 12.4 Å². The van der Waals surface area contributed by atoms with Crippen molar-refractivity contribution in [1.82, 2.24) is 14.4 Å². The van der Waals surface area contributed by atoms with Gasteiger partial charge in [-0.3, -0.25) is 14.4 Å². The van der Waals surface area contributed by atoms with Crippen LogP contribution >= 0.6 is 11.5 Å². The van der Waals surface area contributed by atoms with Crippen LogP contribution in [0.25, 0.3) is 0 Å². The second-order valence-corrected chi connectivity index (χ2v) is 6.98. The molecule has 0 unspecified atom stereocenters. The van der Waals surface area contributed by atoms with Crippen molar-refractivity contribution in [3.8, 4) is 0 Å². The van der Waals surface area contributed by atoms with Gasteiger partial charge in [0.25, 0.3) is 5.91 Å². The van der Waals surface area contributed by atoms with Gasteiger partial charge in [-0.1, -0.05) is 5.16 Å². The molecule has 1 aromatic heterocycles. The van der Waals surface area contributed by atoms with Crippen molar-refractivity contribution < 1.29 is 39.1 Å². The number of Topliss-reactive ketones (excluding diaryl/α,β-unsaturated/α-hetero) is 1. The number of ketones is 1. The maximum absolute atomic E-state index is 12.7. The lowest BCUT2D eigenvalue weighted by molar-refractivity contribution is -0.267. The second kappa shape index (κ2) is 8.26. The van der Waals surface area contributed by atoms with Gasteiger partial charge in [-0.05, 0) is 13.8 Å². The first kappa shape index (κ1) is 21.2. The fourth-order valence-corrected chi connectivity index (χ4v) is 2.91. The van der Waals surface area contributed by atoms with E-state index in [9.17, 15) is 19.2 Å². The van der Waals surface area contributed by atoms with Crippen LogP contribution in [0.3, 0.4) is 0 Å². The number of anilines is 1. The van der Waals surface area contributed by atoms with Gasteiger partial charge < -0.3 is 20.8 Å². The first-order chi connectivity index (χ1) is 13.0. The molecule has 0 bridgehead atoms. The van der Waals surface area contributed by atoms with Crippen LogP contribution in [0.1, 0.15) is 26.1 Å². The molecule has 0 radical (unpaired) electrons. The molecular weight excluding hydrogens is 398 g/mol. The molecule has 1 aliphatic rings. The van der Waals surface area contributed by atoms with Crippen molar-refractivity contribution in [2.75, 3.05) is 18.9 Å². The highest BCUT2D eigenvalue weighted by Crippen LogP contribution is 2.40. The van der Waals surface area contributed by atoms with E-state index >= 15 is 0 Å². The molecule has 13 nitrogen and oxygen atoms in total. The lowest BCUT2D eigenvalue weighted by atomic mass is 9.74. The lowest BCUT2D eigenvalue weighted by Crippen LogP contribution is -2.68. The number of hydroxylamine groups is 2. The van der Waals surface area contributed by atoms with Gasteiger partial charge in [0.1, 0.15) is 0 Å². The third kappa shape index (κ3) is 4.58. The third-order valence-electron chi connectivity index (χ3n) is 3.84. The van der Waals surface area contributed by atoms with E-state index in [-0.39, 0.29) is 23.1 Å². The molecule has 1 fully saturated rings. The first-order valence-electron chi connectivity index (χ1n) is 7.77. The third-order valence-corrected chi connectivity index (χ3v) is 4.39. The lowest BCUT2D eigenvalue weighted by Gasteiger charge is -2.51. The number of aromatic nitrogens is 2. The molecule has 0 saturated carbocycles. The van der Waals surface area contributed by atoms with Crippen molar-refractivity contribution in [3.05, 3.63) is 5.82 Å². The van der Waals surface area contributed by atoms with E-state index < -0.39 is 48.3 Å².